The number of carbonyl (C=O) groups is 1. The zero-order chi connectivity index (χ0) is 22.5. The van der Waals surface area contributed by atoms with Crippen LogP contribution in [-0.2, 0) is 4.79 Å². The predicted octanol–water partition coefficient (Wildman–Crippen LogP) is 7.12. The van der Waals surface area contributed by atoms with E-state index < -0.39 is 0 Å². The van der Waals surface area contributed by atoms with Gasteiger partial charge in [0.2, 0.25) is 5.91 Å². The van der Waals surface area contributed by atoms with Crippen molar-refractivity contribution in [1.82, 2.24) is 9.97 Å². The molecule has 0 unspecified atom stereocenters. The quantitative estimate of drug-likeness (QED) is 0.362. The molecule has 160 valence electrons. The fraction of sp³-hybridized carbons (Fsp3) is 0.240. The van der Waals surface area contributed by atoms with Gasteiger partial charge in [-0.25, -0.2) is 4.98 Å². The van der Waals surface area contributed by atoms with Gasteiger partial charge in [0.1, 0.15) is 5.82 Å². The van der Waals surface area contributed by atoms with Gasteiger partial charge in [-0.2, -0.15) is 0 Å². The first-order chi connectivity index (χ1) is 14.7. The maximum atomic E-state index is 11.0. The third-order valence-corrected chi connectivity index (χ3v) is 7.26. The molecule has 4 aromatic heterocycles. The summed E-state index contributed by atoms with van der Waals surface area (Å²) in [7, 11) is 0. The number of nitrogens with zero attached hydrogens (tertiary/aromatic N) is 2. The molecule has 1 amide bonds. The van der Waals surface area contributed by atoms with Crippen LogP contribution in [0.1, 0.15) is 33.5 Å². The highest BCUT2D eigenvalue weighted by atomic mass is 32.1. The van der Waals surface area contributed by atoms with Gasteiger partial charge in [0.25, 0.3) is 0 Å². The van der Waals surface area contributed by atoms with Gasteiger partial charge in [0, 0.05) is 44.5 Å². The highest BCUT2D eigenvalue weighted by molar-refractivity contribution is 7.15. The molecule has 4 rings (SSSR count). The van der Waals surface area contributed by atoms with Gasteiger partial charge in [-0.15, -0.1) is 22.7 Å². The van der Waals surface area contributed by atoms with E-state index >= 15 is 0 Å². The van der Waals surface area contributed by atoms with Gasteiger partial charge in [0.15, 0.2) is 0 Å². The Morgan fingerprint density at radius 3 is 1.74 bits per heavy atom. The first-order valence-electron chi connectivity index (χ1n) is 10.0. The van der Waals surface area contributed by atoms with Crippen LogP contribution in [0.5, 0.6) is 0 Å². The van der Waals surface area contributed by atoms with E-state index in [0.717, 1.165) is 11.3 Å². The summed E-state index contributed by atoms with van der Waals surface area (Å²) in [4.78, 5) is 24.5. The van der Waals surface area contributed by atoms with Gasteiger partial charge < -0.3 is 5.32 Å². The van der Waals surface area contributed by atoms with E-state index in [2.05, 4.69) is 67.2 Å². The average molecular weight is 450 g/mol. The Morgan fingerprint density at radius 1 is 0.774 bits per heavy atom. The summed E-state index contributed by atoms with van der Waals surface area (Å²) >= 11 is 3.60. The summed E-state index contributed by atoms with van der Waals surface area (Å²) in [6, 6.07) is 12.5. The lowest BCUT2D eigenvalue weighted by Crippen LogP contribution is -2.06. The van der Waals surface area contributed by atoms with Crippen LogP contribution in [0.2, 0.25) is 0 Å². The lowest BCUT2D eigenvalue weighted by atomic mass is 10.2. The molecule has 0 saturated carbocycles. The summed E-state index contributed by atoms with van der Waals surface area (Å²) in [6.07, 6.45) is 3.58. The van der Waals surface area contributed by atoms with E-state index in [1.807, 2.05) is 36.6 Å². The molecular weight excluding hydrogens is 422 g/mol. The predicted molar refractivity (Wildman–Crippen MR) is 133 cm³/mol. The van der Waals surface area contributed by atoms with Crippen LogP contribution >= 0.6 is 22.7 Å². The summed E-state index contributed by atoms with van der Waals surface area (Å²) in [5.74, 6) is 0.492. The Kier molecular flexibility index (Phi) is 7.36. The van der Waals surface area contributed by atoms with Crippen molar-refractivity contribution in [2.24, 2.45) is 0 Å². The molecule has 0 aliphatic heterocycles. The number of rotatable bonds is 3. The van der Waals surface area contributed by atoms with Crippen molar-refractivity contribution in [3.8, 4) is 20.9 Å². The van der Waals surface area contributed by atoms with Gasteiger partial charge in [-0.1, -0.05) is 0 Å². The summed E-state index contributed by atoms with van der Waals surface area (Å²) in [5, 5.41) is 2.69. The molecule has 0 atom stereocenters. The van der Waals surface area contributed by atoms with E-state index in [1.165, 1.54) is 43.1 Å². The van der Waals surface area contributed by atoms with Crippen LogP contribution in [0, 0.1) is 34.6 Å². The topological polar surface area (TPSA) is 54.9 Å². The Hall–Kier alpha value is -2.83. The third-order valence-electron chi connectivity index (χ3n) is 4.86. The molecule has 0 aromatic carbocycles. The van der Waals surface area contributed by atoms with Crippen molar-refractivity contribution in [3.05, 3.63) is 75.4 Å². The summed E-state index contributed by atoms with van der Waals surface area (Å²) < 4.78 is 0. The van der Waals surface area contributed by atoms with Crippen molar-refractivity contribution in [3.63, 3.8) is 0 Å². The normalized spacial score (nSPS) is 10.4. The molecule has 4 aromatic rings. The van der Waals surface area contributed by atoms with E-state index in [4.69, 9.17) is 0 Å². The Balaban J connectivity index is 0.000000179. The summed E-state index contributed by atoms with van der Waals surface area (Å²) in [6.45, 7) is 12.0. The lowest BCUT2D eigenvalue weighted by molar-refractivity contribution is -0.114. The van der Waals surface area contributed by atoms with Crippen molar-refractivity contribution < 1.29 is 4.79 Å². The Morgan fingerprint density at radius 2 is 1.29 bits per heavy atom. The molecule has 4 nitrogen and oxygen atoms in total. The molecule has 0 spiro atoms. The van der Waals surface area contributed by atoms with E-state index in [1.54, 1.807) is 17.5 Å². The monoisotopic (exact) mass is 449 g/mol. The number of anilines is 1. The molecule has 0 fully saturated rings. The lowest BCUT2D eigenvalue weighted by Gasteiger charge is -2.02. The fourth-order valence-corrected chi connectivity index (χ4v) is 5.02. The smallest absolute Gasteiger partial charge is 0.222 e. The number of thiophene rings is 2. The van der Waals surface area contributed by atoms with E-state index in [9.17, 15) is 4.79 Å². The highest BCUT2D eigenvalue weighted by Gasteiger charge is 2.06. The Labute approximate surface area is 192 Å². The molecule has 4 heterocycles. The zero-order valence-corrected chi connectivity index (χ0v) is 20.4. The number of hydrogen-bond acceptors (Lipinski definition) is 5. The maximum absolute atomic E-state index is 11.0. The minimum absolute atomic E-state index is 0.104. The number of hydrogen-bond donors (Lipinski definition) is 1. The number of carbonyl (C=O) groups excluding carboxylic acids is 1. The standard InChI is InChI=1S/C13H14N2OS.C12H13NS/c1-8-6-12(17-9(8)2)11-4-5-14-13(7-11)15-10(3)16;1-8-6-12(14-10(8)3)11-4-5-13-9(2)7-11/h4-7H,1-3H3,(H,14,15,16);4-7H,1-3H3. The summed E-state index contributed by atoms with van der Waals surface area (Å²) in [5.41, 5.74) is 6.11. The average Bonchev–Trinajstić information content (AvgIpc) is 3.23. The van der Waals surface area contributed by atoms with Crippen LogP contribution in [0.3, 0.4) is 0 Å². The second-order valence-electron chi connectivity index (χ2n) is 7.50. The van der Waals surface area contributed by atoms with Gasteiger partial charge in [0.05, 0.1) is 0 Å². The van der Waals surface area contributed by atoms with Crippen molar-refractivity contribution in [1.29, 1.82) is 0 Å². The maximum Gasteiger partial charge on any atom is 0.222 e. The largest absolute Gasteiger partial charge is 0.311 e. The molecule has 1 N–H and O–H groups in total. The minimum atomic E-state index is -0.104. The molecule has 31 heavy (non-hydrogen) atoms. The van der Waals surface area contributed by atoms with E-state index in [-0.39, 0.29) is 5.91 Å². The second kappa shape index (κ2) is 9.98. The van der Waals surface area contributed by atoms with E-state index in [0.29, 0.717) is 5.82 Å². The minimum Gasteiger partial charge on any atom is -0.311 e. The van der Waals surface area contributed by atoms with Crippen molar-refractivity contribution >= 4 is 34.4 Å². The SMILES string of the molecule is CC(=O)Nc1cc(-c2cc(C)c(C)s2)ccn1.Cc1cc(-c2cc(C)c(C)s2)ccn1. The fourth-order valence-electron chi connectivity index (χ4n) is 2.96. The number of aromatic nitrogens is 2. The molecule has 0 radical (unpaired) electrons. The van der Waals surface area contributed by atoms with Crippen LogP contribution in [0.4, 0.5) is 5.82 Å². The van der Waals surface area contributed by atoms with Gasteiger partial charge >= 0.3 is 0 Å². The molecule has 0 saturated heterocycles. The second-order valence-corrected chi connectivity index (χ2v) is 10.0. The first-order valence-corrected chi connectivity index (χ1v) is 11.7. The number of aryl methyl sites for hydroxylation is 5. The Bertz CT molecular complexity index is 1170. The van der Waals surface area contributed by atoms with Crippen LogP contribution in [-0.4, -0.2) is 15.9 Å². The van der Waals surface area contributed by atoms with Gasteiger partial charge in [-0.05, 0) is 93.3 Å². The first kappa shape index (κ1) is 22.8. The van der Waals surface area contributed by atoms with Crippen LogP contribution in [0.15, 0.2) is 48.8 Å². The number of nitrogens with one attached hydrogen (secondary N) is 1. The van der Waals surface area contributed by atoms with Crippen LogP contribution in [0.25, 0.3) is 20.9 Å². The molecule has 0 bridgehead atoms. The van der Waals surface area contributed by atoms with Crippen molar-refractivity contribution in [2.75, 3.05) is 5.32 Å². The highest BCUT2D eigenvalue weighted by Crippen LogP contribution is 2.32. The van der Waals surface area contributed by atoms with Crippen molar-refractivity contribution in [2.45, 2.75) is 41.5 Å². The zero-order valence-electron chi connectivity index (χ0n) is 18.7. The molecule has 0 aliphatic carbocycles. The molecule has 6 heteroatoms. The molecule has 0 aliphatic rings. The number of pyridine rings is 2. The third kappa shape index (κ3) is 6.09. The number of amides is 1. The van der Waals surface area contributed by atoms with Gasteiger partial charge in [-0.3, -0.25) is 9.78 Å². The molecular formula is C25H27N3OS2. The van der Waals surface area contributed by atoms with Crippen LogP contribution < -0.4 is 5.32 Å².